The van der Waals surface area contributed by atoms with Crippen molar-refractivity contribution in [3.05, 3.63) is 11.1 Å². The molecule has 3 N–H and O–H groups in total. The number of thiazole rings is 1. The third-order valence-corrected chi connectivity index (χ3v) is 3.24. The number of imide groups is 1. The number of aromatic nitrogens is 1. The molecule has 1 rings (SSSR count). The van der Waals surface area contributed by atoms with Gasteiger partial charge in [-0.05, 0) is 12.3 Å². The molecular formula is C12H17N3O4S. The van der Waals surface area contributed by atoms with Gasteiger partial charge in [-0.25, -0.2) is 9.78 Å². The van der Waals surface area contributed by atoms with Crippen molar-refractivity contribution in [1.29, 1.82) is 0 Å². The molecule has 0 atom stereocenters. The SMILES string of the molecule is Cc1csc(NC(=O)NC(=O)CC(C)(C)CC(=O)O)n1. The maximum absolute atomic E-state index is 11.7. The minimum atomic E-state index is -0.981. The average molecular weight is 299 g/mol. The van der Waals surface area contributed by atoms with Crippen LogP contribution in [0.15, 0.2) is 5.38 Å². The van der Waals surface area contributed by atoms with Gasteiger partial charge in [0.05, 0.1) is 12.1 Å². The van der Waals surface area contributed by atoms with Gasteiger partial charge in [-0.15, -0.1) is 11.3 Å². The molecule has 0 bridgehead atoms. The molecular weight excluding hydrogens is 282 g/mol. The molecule has 0 aromatic carbocycles. The third-order valence-electron chi connectivity index (χ3n) is 2.36. The number of urea groups is 1. The highest BCUT2D eigenvalue weighted by Gasteiger charge is 2.26. The number of carboxylic acids is 1. The standard InChI is InChI=1S/C12H17N3O4S/c1-7-6-20-11(13-7)15-10(19)14-8(16)4-12(2,3)5-9(17)18/h6H,4-5H2,1-3H3,(H,17,18)(H2,13,14,15,16,19). The van der Waals surface area contributed by atoms with E-state index in [1.165, 1.54) is 11.3 Å². The lowest BCUT2D eigenvalue weighted by atomic mass is 9.85. The van der Waals surface area contributed by atoms with Crippen molar-refractivity contribution in [3.8, 4) is 0 Å². The number of anilines is 1. The summed E-state index contributed by atoms with van der Waals surface area (Å²) in [4.78, 5) is 37.9. The second-order valence-corrected chi connectivity index (χ2v) is 6.07. The summed E-state index contributed by atoms with van der Waals surface area (Å²) in [7, 11) is 0. The van der Waals surface area contributed by atoms with Crippen molar-refractivity contribution in [2.45, 2.75) is 33.6 Å². The van der Waals surface area contributed by atoms with Gasteiger partial charge < -0.3 is 5.11 Å². The van der Waals surface area contributed by atoms with Gasteiger partial charge in [-0.1, -0.05) is 13.8 Å². The van der Waals surface area contributed by atoms with Crippen molar-refractivity contribution < 1.29 is 19.5 Å². The van der Waals surface area contributed by atoms with Gasteiger partial charge in [-0.2, -0.15) is 0 Å². The van der Waals surface area contributed by atoms with Crippen LogP contribution < -0.4 is 10.6 Å². The number of aryl methyl sites for hydroxylation is 1. The number of carboxylic acid groups (broad SMARTS) is 1. The predicted molar refractivity (Wildman–Crippen MR) is 74.7 cm³/mol. The van der Waals surface area contributed by atoms with Crippen LogP contribution in [0, 0.1) is 12.3 Å². The van der Waals surface area contributed by atoms with E-state index in [9.17, 15) is 14.4 Å². The van der Waals surface area contributed by atoms with Crippen molar-refractivity contribution in [2.24, 2.45) is 5.41 Å². The van der Waals surface area contributed by atoms with Crippen molar-refractivity contribution in [1.82, 2.24) is 10.3 Å². The number of amides is 3. The minimum Gasteiger partial charge on any atom is -0.481 e. The van der Waals surface area contributed by atoms with E-state index in [1.807, 2.05) is 0 Å². The highest BCUT2D eigenvalue weighted by Crippen LogP contribution is 2.24. The van der Waals surface area contributed by atoms with Crippen LogP contribution in [0.1, 0.15) is 32.4 Å². The van der Waals surface area contributed by atoms with Crippen LogP contribution in [-0.2, 0) is 9.59 Å². The van der Waals surface area contributed by atoms with Crippen LogP contribution in [0.5, 0.6) is 0 Å². The Morgan fingerprint density at radius 3 is 2.50 bits per heavy atom. The number of nitrogens with one attached hydrogen (secondary N) is 2. The zero-order chi connectivity index (χ0) is 15.3. The van der Waals surface area contributed by atoms with Crippen LogP contribution in [-0.4, -0.2) is 28.0 Å². The Bertz CT molecular complexity index is 525. The van der Waals surface area contributed by atoms with E-state index in [0.29, 0.717) is 5.13 Å². The predicted octanol–water partition coefficient (Wildman–Crippen LogP) is 1.99. The molecule has 0 saturated heterocycles. The molecule has 3 amide bonds. The summed E-state index contributed by atoms with van der Waals surface area (Å²) in [5, 5.41) is 15.5. The molecule has 8 heteroatoms. The lowest BCUT2D eigenvalue weighted by Crippen LogP contribution is -2.37. The van der Waals surface area contributed by atoms with Gasteiger partial charge in [0.1, 0.15) is 0 Å². The molecule has 0 spiro atoms. The Hall–Kier alpha value is -1.96. The second kappa shape index (κ2) is 6.47. The summed E-state index contributed by atoms with van der Waals surface area (Å²) in [6.45, 7) is 5.10. The topological polar surface area (TPSA) is 108 Å². The molecule has 0 aliphatic carbocycles. The van der Waals surface area contributed by atoms with Gasteiger partial charge in [-0.3, -0.25) is 20.2 Å². The normalized spacial score (nSPS) is 10.9. The maximum atomic E-state index is 11.7. The first-order valence-corrected chi connectivity index (χ1v) is 6.81. The van der Waals surface area contributed by atoms with Crippen molar-refractivity contribution >= 4 is 34.4 Å². The Morgan fingerprint density at radius 2 is 2.00 bits per heavy atom. The molecule has 0 fully saturated rings. The smallest absolute Gasteiger partial charge is 0.327 e. The zero-order valence-electron chi connectivity index (χ0n) is 11.5. The molecule has 1 aromatic rings. The summed E-state index contributed by atoms with van der Waals surface area (Å²) < 4.78 is 0. The molecule has 1 aromatic heterocycles. The lowest BCUT2D eigenvalue weighted by molar-refractivity contribution is -0.139. The first-order valence-electron chi connectivity index (χ1n) is 5.93. The number of nitrogens with zero attached hydrogens (tertiary/aromatic N) is 1. The van der Waals surface area contributed by atoms with E-state index < -0.39 is 23.3 Å². The highest BCUT2D eigenvalue weighted by atomic mass is 32.1. The molecule has 0 aliphatic rings. The van der Waals surface area contributed by atoms with E-state index in [1.54, 1.807) is 26.2 Å². The summed E-state index contributed by atoms with van der Waals surface area (Å²) in [6, 6.07) is -0.671. The summed E-state index contributed by atoms with van der Waals surface area (Å²) in [5.41, 5.74) is 0.0627. The Kier molecular flexibility index (Phi) is 5.20. The third kappa shape index (κ3) is 5.79. The number of carbonyl (C=O) groups excluding carboxylic acids is 2. The quantitative estimate of drug-likeness (QED) is 0.770. The molecule has 0 aliphatic heterocycles. The highest BCUT2D eigenvalue weighted by molar-refractivity contribution is 7.13. The molecule has 110 valence electrons. The monoisotopic (exact) mass is 299 g/mol. The zero-order valence-corrected chi connectivity index (χ0v) is 12.3. The molecule has 7 nitrogen and oxygen atoms in total. The van der Waals surface area contributed by atoms with Crippen LogP contribution in [0.25, 0.3) is 0 Å². The molecule has 0 saturated carbocycles. The minimum absolute atomic E-state index is 0.0520. The van der Waals surface area contributed by atoms with Gasteiger partial charge in [0.2, 0.25) is 5.91 Å². The van der Waals surface area contributed by atoms with Crippen molar-refractivity contribution in [2.75, 3.05) is 5.32 Å². The van der Waals surface area contributed by atoms with E-state index in [-0.39, 0.29) is 12.8 Å². The van der Waals surface area contributed by atoms with Crippen LogP contribution in [0.4, 0.5) is 9.93 Å². The Labute approximate surface area is 120 Å². The fourth-order valence-electron chi connectivity index (χ4n) is 1.62. The van der Waals surface area contributed by atoms with Crippen LogP contribution in [0.2, 0.25) is 0 Å². The Balaban J connectivity index is 2.45. The Morgan fingerprint density at radius 1 is 1.35 bits per heavy atom. The van der Waals surface area contributed by atoms with E-state index in [2.05, 4.69) is 15.6 Å². The van der Waals surface area contributed by atoms with Gasteiger partial charge in [0.25, 0.3) is 0 Å². The maximum Gasteiger partial charge on any atom is 0.327 e. The van der Waals surface area contributed by atoms with E-state index in [0.717, 1.165) is 5.69 Å². The summed E-state index contributed by atoms with van der Waals surface area (Å²) >= 11 is 1.25. The van der Waals surface area contributed by atoms with Crippen molar-refractivity contribution in [3.63, 3.8) is 0 Å². The van der Waals surface area contributed by atoms with Gasteiger partial charge in [0, 0.05) is 11.8 Å². The second-order valence-electron chi connectivity index (χ2n) is 5.21. The number of hydrogen-bond donors (Lipinski definition) is 3. The van der Waals surface area contributed by atoms with Crippen LogP contribution in [0.3, 0.4) is 0 Å². The molecule has 0 unspecified atom stereocenters. The number of aliphatic carboxylic acids is 1. The first kappa shape index (κ1) is 16.1. The average Bonchev–Trinajstić information content (AvgIpc) is 2.59. The molecule has 1 heterocycles. The largest absolute Gasteiger partial charge is 0.481 e. The fraction of sp³-hybridized carbons (Fsp3) is 0.500. The summed E-state index contributed by atoms with van der Waals surface area (Å²) in [5.74, 6) is -1.51. The van der Waals surface area contributed by atoms with E-state index in [4.69, 9.17) is 5.11 Å². The van der Waals surface area contributed by atoms with E-state index >= 15 is 0 Å². The lowest BCUT2D eigenvalue weighted by Gasteiger charge is -2.21. The number of carbonyl (C=O) groups is 3. The molecule has 0 radical (unpaired) electrons. The van der Waals surface area contributed by atoms with Gasteiger partial charge >= 0.3 is 12.0 Å². The molecule has 20 heavy (non-hydrogen) atoms. The van der Waals surface area contributed by atoms with Crippen LogP contribution >= 0.6 is 11.3 Å². The number of hydrogen-bond acceptors (Lipinski definition) is 5. The summed E-state index contributed by atoms with van der Waals surface area (Å²) in [6.07, 6.45) is -0.197. The van der Waals surface area contributed by atoms with Gasteiger partial charge in [0.15, 0.2) is 5.13 Å². The first-order chi connectivity index (χ1) is 9.18. The fourth-order valence-corrected chi connectivity index (χ4v) is 2.30. The number of rotatable bonds is 5.